The van der Waals surface area contributed by atoms with Gasteiger partial charge < -0.3 is 14.8 Å². The lowest BCUT2D eigenvalue weighted by molar-refractivity contribution is -0.121. The van der Waals surface area contributed by atoms with Crippen LogP contribution in [-0.2, 0) is 14.9 Å². The number of methoxy groups -OCH3 is 1. The van der Waals surface area contributed by atoms with Gasteiger partial charge in [-0.2, -0.15) is 0 Å². The van der Waals surface area contributed by atoms with Gasteiger partial charge in [0.1, 0.15) is 11.9 Å². The SMILES string of the molecule is COCC(C)Oc1ccc(NC(=O)C2(c3ccccc3)CCCC2)cc1Cl. The number of amides is 1. The third-order valence-electron chi connectivity index (χ3n) is 5.14. The van der Waals surface area contributed by atoms with Gasteiger partial charge in [0.05, 0.1) is 17.0 Å². The van der Waals surface area contributed by atoms with Crippen molar-refractivity contribution in [3.05, 3.63) is 59.1 Å². The van der Waals surface area contributed by atoms with Crippen LogP contribution in [0, 0.1) is 0 Å². The third kappa shape index (κ3) is 4.45. The van der Waals surface area contributed by atoms with Gasteiger partial charge in [-0.05, 0) is 43.5 Å². The van der Waals surface area contributed by atoms with Gasteiger partial charge in [0.15, 0.2) is 0 Å². The Hall–Kier alpha value is -2.04. The van der Waals surface area contributed by atoms with Crippen molar-refractivity contribution >= 4 is 23.2 Å². The van der Waals surface area contributed by atoms with E-state index in [-0.39, 0.29) is 12.0 Å². The lowest BCUT2D eigenvalue weighted by Gasteiger charge is -2.28. The summed E-state index contributed by atoms with van der Waals surface area (Å²) in [6.07, 6.45) is 3.76. The zero-order valence-corrected chi connectivity index (χ0v) is 16.6. The number of carbonyl (C=O) groups excluding carboxylic acids is 1. The molecule has 0 aromatic heterocycles. The first kappa shape index (κ1) is 19.7. The van der Waals surface area contributed by atoms with Crippen LogP contribution in [-0.4, -0.2) is 25.7 Å². The molecule has 0 heterocycles. The molecule has 0 radical (unpaired) electrons. The van der Waals surface area contributed by atoms with Crippen molar-refractivity contribution < 1.29 is 14.3 Å². The number of anilines is 1. The van der Waals surface area contributed by atoms with Crippen LogP contribution in [0.5, 0.6) is 5.75 Å². The van der Waals surface area contributed by atoms with Crippen molar-refractivity contribution in [2.75, 3.05) is 19.0 Å². The molecule has 0 spiro atoms. The number of halogens is 1. The molecule has 144 valence electrons. The largest absolute Gasteiger partial charge is 0.487 e. The highest BCUT2D eigenvalue weighted by atomic mass is 35.5. The van der Waals surface area contributed by atoms with E-state index in [2.05, 4.69) is 5.32 Å². The van der Waals surface area contributed by atoms with Crippen molar-refractivity contribution in [2.45, 2.75) is 44.1 Å². The summed E-state index contributed by atoms with van der Waals surface area (Å²) in [4.78, 5) is 13.2. The maximum absolute atomic E-state index is 13.2. The second-order valence-electron chi connectivity index (χ2n) is 7.14. The molecule has 2 aromatic carbocycles. The topological polar surface area (TPSA) is 47.6 Å². The summed E-state index contributed by atoms with van der Waals surface area (Å²) >= 11 is 6.35. The summed E-state index contributed by atoms with van der Waals surface area (Å²) in [6.45, 7) is 2.40. The minimum atomic E-state index is -0.462. The molecule has 1 amide bonds. The molecule has 5 heteroatoms. The highest BCUT2D eigenvalue weighted by molar-refractivity contribution is 6.32. The Morgan fingerprint density at radius 1 is 1.19 bits per heavy atom. The standard InChI is InChI=1S/C22H26ClNO3/c1-16(15-26-2)27-20-11-10-18(14-19(20)23)24-21(25)22(12-6-7-13-22)17-8-4-3-5-9-17/h3-5,8-11,14,16H,6-7,12-13,15H2,1-2H3,(H,24,25). The third-order valence-corrected chi connectivity index (χ3v) is 5.43. The Labute approximate surface area is 165 Å². The fourth-order valence-corrected chi connectivity index (χ4v) is 4.02. The van der Waals surface area contributed by atoms with Crippen molar-refractivity contribution in [2.24, 2.45) is 0 Å². The van der Waals surface area contributed by atoms with Crippen LogP contribution >= 0.6 is 11.6 Å². The van der Waals surface area contributed by atoms with Crippen LogP contribution in [0.25, 0.3) is 0 Å². The monoisotopic (exact) mass is 387 g/mol. The molecule has 0 bridgehead atoms. The van der Waals surface area contributed by atoms with Gasteiger partial charge >= 0.3 is 0 Å². The highest BCUT2D eigenvalue weighted by Gasteiger charge is 2.42. The quantitative estimate of drug-likeness (QED) is 0.709. The van der Waals surface area contributed by atoms with Crippen molar-refractivity contribution in [1.82, 2.24) is 0 Å². The molecule has 0 saturated heterocycles. The molecular formula is C22H26ClNO3. The molecule has 1 atom stereocenters. The van der Waals surface area contributed by atoms with E-state index in [1.54, 1.807) is 19.2 Å². The second-order valence-corrected chi connectivity index (χ2v) is 7.55. The van der Waals surface area contributed by atoms with Crippen LogP contribution in [0.15, 0.2) is 48.5 Å². The smallest absolute Gasteiger partial charge is 0.235 e. The molecule has 1 fully saturated rings. The Bertz CT molecular complexity index is 772. The van der Waals surface area contributed by atoms with E-state index in [1.165, 1.54) is 0 Å². The Balaban J connectivity index is 1.76. The number of rotatable bonds is 7. The summed E-state index contributed by atoms with van der Waals surface area (Å²) in [5.74, 6) is 0.613. The maximum Gasteiger partial charge on any atom is 0.235 e. The fraction of sp³-hybridized carbons (Fsp3) is 0.409. The van der Waals surface area contributed by atoms with E-state index in [9.17, 15) is 4.79 Å². The summed E-state index contributed by atoms with van der Waals surface area (Å²) in [5.41, 5.74) is 1.30. The summed E-state index contributed by atoms with van der Waals surface area (Å²) in [6, 6.07) is 15.4. The maximum atomic E-state index is 13.2. The zero-order chi connectivity index (χ0) is 19.3. The summed E-state index contributed by atoms with van der Waals surface area (Å²) < 4.78 is 10.8. The van der Waals surface area contributed by atoms with Crippen LogP contribution < -0.4 is 10.1 Å². The van der Waals surface area contributed by atoms with E-state index >= 15 is 0 Å². The Morgan fingerprint density at radius 3 is 2.52 bits per heavy atom. The van der Waals surface area contributed by atoms with E-state index in [0.29, 0.717) is 23.1 Å². The van der Waals surface area contributed by atoms with Gasteiger partial charge in [-0.3, -0.25) is 4.79 Å². The van der Waals surface area contributed by atoms with Crippen molar-refractivity contribution in [3.63, 3.8) is 0 Å². The van der Waals surface area contributed by atoms with Gasteiger partial charge in [-0.15, -0.1) is 0 Å². The average Bonchev–Trinajstić information content (AvgIpc) is 3.16. The van der Waals surface area contributed by atoms with Crippen molar-refractivity contribution in [1.29, 1.82) is 0 Å². The lowest BCUT2D eigenvalue weighted by Crippen LogP contribution is -2.37. The molecule has 1 aliphatic rings. The molecule has 3 rings (SSSR count). The predicted octanol–water partition coefficient (Wildman–Crippen LogP) is 5.20. The molecule has 0 aliphatic heterocycles. The number of hydrogen-bond acceptors (Lipinski definition) is 3. The predicted molar refractivity (Wildman–Crippen MR) is 109 cm³/mol. The minimum Gasteiger partial charge on any atom is -0.487 e. The first-order valence-electron chi connectivity index (χ1n) is 9.37. The van der Waals surface area contributed by atoms with Crippen LogP contribution in [0.3, 0.4) is 0 Å². The van der Waals surface area contributed by atoms with E-state index in [0.717, 1.165) is 31.2 Å². The minimum absolute atomic E-state index is 0.0312. The highest BCUT2D eigenvalue weighted by Crippen LogP contribution is 2.42. The van der Waals surface area contributed by atoms with E-state index < -0.39 is 5.41 Å². The average molecular weight is 388 g/mol. The number of benzene rings is 2. The lowest BCUT2D eigenvalue weighted by atomic mass is 9.78. The molecule has 1 N–H and O–H groups in total. The first-order chi connectivity index (χ1) is 13.0. The van der Waals surface area contributed by atoms with Gasteiger partial charge in [-0.1, -0.05) is 54.8 Å². The second kappa shape index (κ2) is 8.77. The van der Waals surface area contributed by atoms with E-state index in [1.807, 2.05) is 43.3 Å². The number of carbonyl (C=O) groups is 1. The molecule has 1 saturated carbocycles. The molecule has 4 nitrogen and oxygen atoms in total. The zero-order valence-electron chi connectivity index (χ0n) is 15.8. The number of nitrogens with one attached hydrogen (secondary N) is 1. The van der Waals surface area contributed by atoms with Gasteiger partial charge in [0, 0.05) is 12.8 Å². The Kier molecular flexibility index (Phi) is 6.40. The molecule has 1 unspecified atom stereocenters. The summed E-state index contributed by atoms with van der Waals surface area (Å²) in [5, 5.41) is 3.53. The number of hydrogen-bond donors (Lipinski definition) is 1. The van der Waals surface area contributed by atoms with Gasteiger partial charge in [-0.25, -0.2) is 0 Å². The molecule has 2 aromatic rings. The first-order valence-corrected chi connectivity index (χ1v) is 9.75. The fourth-order valence-electron chi connectivity index (χ4n) is 3.79. The van der Waals surface area contributed by atoms with Gasteiger partial charge in [0.2, 0.25) is 5.91 Å². The van der Waals surface area contributed by atoms with E-state index in [4.69, 9.17) is 21.1 Å². The molecule has 1 aliphatic carbocycles. The molecule has 27 heavy (non-hydrogen) atoms. The Morgan fingerprint density at radius 2 is 1.89 bits per heavy atom. The van der Waals surface area contributed by atoms with Crippen LogP contribution in [0.4, 0.5) is 5.69 Å². The van der Waals surface area contributed by atoms with Gasteiger partial charge in [0.25, 0.3) is 0 Å². The normalized spacial score (nSPS) is 16.7. The van der Waals surface area contributed by atoms with Crippen LogP contribution in [0.2, 0.25) is 5.02 Å². The van der Waals surface area contributed by atoms with Crippen molar-refractivity contribution in [3.8, 4) is 5.75 Å². The number of ether oxygens (including phenoxy) is 2. The summed E-state index contributed by atoms with van der Waals surface area (Å²) in [7, 11) is 1.63. The molecular weight excluding hydrogens is 362 g/mol. The van der Waals surface area contributed by atoms with Crippen LogP contribution in [0.1, 0.15) is 38.2 Å².